The number of nitrogens with one attached hydrogen (secondary N) is 1. The van der Waals surface area contributed by atoms with Gasteiger partial charge in [0.15, 0.2) is 0 Å². The molecule has 1 aromatic rings. The van der Waals surface area contributed by atoms with Gasteiger partial charge in [-0.25, -0.2) is 9.59 Å². The summed E-state index contributed by atoms with van der Waals surface area (Å²) >= 11 is 5.95. The molecule has 1 aliphatic carbocycles. The van der Waals surface area contributed by atoms with Crippen LogP contribution in [0.3, 0.4) is 0 Å². The monoisotopic (exact) mass is 364 g/mol. The molecule has 1 N–H and O–H groups in total. The molecule has 134 valence electrons. The van der Waals surface area contributed by atoms with Crippen LogP contribution in [0.25, 0.3) is 0 Å². The van der Waals surface area contributed by atoms with Gasteiger partial charge in [0.1, 0.15) is 6.61 Å². The Morgan fingerprint density at radius 2 is 1.96 bits per heavy atom. The highest BCUT2D eigenvalue weighted by Crippen LogP contribution is 2.38. The van der Waals surface area contributed by atoms with Gasteiger partial charge in [-0.15, -0.1) is 0 Å². The van der Waals surface area contributed by atoms with Crippen LogP contribution in [-0.4, -0.2) is 43.3 Å². The SMILES string of the molecule is COCCOC(=O)C1=C(C)N(C2CC2)C(=O)NC1c1ccc(Cl)cc1. The van der Waals surface area contributed by atoms with Gasteiger partial charge in [-0.3, -0.25) is 4.90 Å². The number of ether oxygens (including phenoxy) is 2. The Kier molecular flexibility index (Phi) is 5.30. The van der Waals surface area contributed by atoms with Crippen LogP contribution in [0.1, 0.15) is 31.4 Å². The van der Waals surface area contributed by atoms with E-state index in [4.69, 9.17) is 21.1 Å². The Morgan fingerprint density at radius 1 is 1.28 bits per heavy atom. The third-order valence-corrected chi connectivity index (χ3v) is 4.63. The quantitative estimate of drug-likeness (QED) is 0.622. The van der Waals surface area contributed by atoms with Gasteiger partial charge in [-0.05, 0) is 37.5 Å². The van der Waals surface area contributed by atoms with Gasteiger partial charge in [0.25, 0.3) is 0 Å². The molecule has 1 aromatic carbocycles. The van der Waals surface area contributed by atoms with Crippen LogP contribution in [0.4, 0.5) is 4.79 Å². The number of hydrogen-bond acceptors (Lipinski definition) is 4. The normalized spacial score (nSPS) is 20.5. The minimum atomic E-state index is -0.560. The average molecular weight is 365 g/mol. The van der Waals surface area contributed by atoms with Crippen molar-refractivity contribution in [1.82, 2.24) is 10.2 Å². The minimum absolute atomic E-state index is 0.160. The molecule has 1 saturated carbocycles. The van der Waals surface area contributed by atoms with Crippen molar-refractivity contribution in [3.8, 4) is 0 Å². The maximum Gasteiger partial charge on any atom is 0.338 e. The highest BCUT2D eigenvalue weighted by molar-refractivity contribution is 6.30. The number of amides is 2. The molecular weight excluding hydrogens is 344 g/mol. The van der Waals surface area contributed by atoms with Crippen molar-refractivity contribution in [3.63, 3.8) is 0 Å². The number of allylic oxidation sites excluding steroid dienone is 1. The van der Waals surface area contributed by atoms with E-state index in [9.17, 15) is 9.59 Å². The van der Waals surface area contributed by atoms with E-state index >= 15 is 0 Å². The largest absolute Gasteiger partial charge is 0.460 e. The van der Waals surface area contributed by atoms with Gasteiger partial charge in [0, 0.05) is 23.9 Å². The van der Waals surface area contributed by atoms with Crippen molar-refractivity contribution in [2.75, 3.05) is 20.3 Å². The topological polar surface area (TPSA) is 67.9 Å². The van der Waals surface area contributed by atoms with Gasteiger partial charge >= 0.3 is 12.0 Å². The second kappa shape index (κ2) is 7.45. The molecule has 2 amide bonds. The van der Waals surface area contributed by atoms with Gasteiger partial charge in [-0.2, -0.15) is 0 Å². The summed E-state index contributed by atoms with van der Waals surface area (Å²) in [4.78, 5) is 26.9. The molecule has 0 spiro atoms. The van der Waals surface area contributed by atoms with E-state index in [0.29, 0.717) is 22.9 Å². The molecule has 0 aromatic heterocycles. The maximum atomic E-state index is 12.7. The first-order valence-electron chi connectivity index (χ1n) is 8.25. The number of carbonyl (C=O) groups excluding carboxylic acids is 2. The molecule has 25 heavy (non-hydrogen) atoms. The number of methoxy groups -OCH3 is 1. The number of nitrogens with zero attached hydrogens (tertiary/aromatic N) is 1. The highest BCUT2D eigenvalue weighted by Gasteiger charge is 2.42. The van der Waals surface area contributed by atoms with Crippen LogP contribution in [0.15, 0.2) is 35.5 Å². The second-order valence-corrected chi connectivity index (χ2v) is 6.60. The zero-order valence-electron chi connectivity index (χ0n) is 14.3. The Labute approximate surface area is 151 Å². The summed E-state index contributed by atoms with van der Waals surface area (Å²) in [5.41, 5.74) is 1.88. The molecule has 1 aliphatic heterocycles. The Bertz CT molecular complexity index is 698. The van der Waals surface area contributed by atoms with Crippen molar-refractivity contribution < 1.29 is 19.1 Å². The van der Waals surface area contributed by atoms with Crippen LogP contribution >= 0.6 is 11.6 Å². The maximum absolute atomic E-state index is 12.7. The third kappa shape index (κ3) is 3.80. The third-order valence-electron chi connectivity index (χ3n) is 4.38. The molecule has 1 unspecified atom stereocenters. The van der Waals surface area contributed by atoms with Gasteiger partial charge < -0.3 is 14.8 Å². The lowest BCUT2D eigenvalue weighted by Gasteiger charge is -2.35. The van der Waals surface area contributed by atoms with Gasteiger partial charge in [-0.1, -0.05) is 23.7 Å². The Morgan fingerprint density at radius 3 is 2.56 bits per heavy atom. The second-order valence-electron chi connectivity index (χ2n) is 6.16. The van der Waals surface area contributed by atoms with E-state index in [-0.39, 0.29) is 18.7 Å². The van der Waals surface area contributed by atoms with E-state index < -0.39 is 12.0 Å². The number of carbonyl (C=O) groups is 2. The van der Waals surface area contributed by atoms with Crippen molar-refractivity contribution in [2.24, 2.45) is 0 Å². The molecule has 1 heterocycles. The van der Waals surface area contributed by atoms with Crippen molar-refractivity contribution in [1.29, 1.82) is 0 Å². The molecule has 0 saturated heterocycles. The number of benzene rings is 1. The molecule has 7 heteroatoms. The number of hydrogen-bond donors (Lipinski definition) is 1. The van der Waals surface area contributed by atoms with Crippen LogP contribution in [0, 0.1) is 0 Å². The minimum Gasteiger partial charge on any atom is -0.460 e. The molecule has 1 atom stereocenters. The molecular formula is C18H21ClN2O4. The first-order valence-corrected chi connectivity index (χ1v) is 8.62. The van der Waals surface area contributed by atoms with Crippen LogP contribution < -0.4 is 5.32 Å². The van der Waals surface area contributed by atoms with Gasteiger partial charge in [0.2, 0.25) is 0 Å². The van der Waals surface area contributed by atoms with Crippen molar-refractivity contribution in [2.45, 2.75) is 31.8 Å². The Balaban J connectivity index is 1.95. The standard InChI is InChI=1S/C18H21ClN2O4/c1-11-15(17(22)25-10-9-24-2)16(12-3-5-13(19)6-4-12)20-18(23)21(11)14-7-8-14/h3-6,14,16H,7-10H2,1-2H3,(H,20,23). The van der Waals surface area contributed by atoms with E-state index in [0.717, 1.165) is 18.4 Å². The summed E-state index contributed by atoms with van der Waals surface area (Å²) in [5.74, 6) is -0.444. The molecule has 6 nitrogen and oxygen atoms in total. The first kappa shape index (κ1) is 17.8. The van der Waals surface area contributed by atoms with Crippen LogP contribution in [-0.2, 0) is 14.3 Å². The summed E-state index contributed by atoms with van der Waals surface area (Å²) < 4.78 is 10.3. The summed E-state index contributed by atoms with van der Waals surface area (Å²) in [6.07, 6.45) is 1.89. The fourth-order valence-corrected chi connectivity index (χ4v) is 3.12. The lowest BCUT2D eigenvalue weighted by Crippen LogP contribution is -2.48. The molecule has 1 fully saturated rings. The van der Waals surface area contributed by atoms with Gasteiger partial charge in [0.05, 0.1) is 18.2 Å². The van der Waals surface area contributed by atoms with E-state index in [1.165, 1.54) is 0 Å². The summed E-state index contributed by atoms with van der Waals surface area (Å²) in [5, 5.41) is 3.52. The lowest BCUT2D eigenvalue weighted by molar-refractivity contribution is -0.140. The average Bonchev–Trinajstić information content (AvgIpc) is 3.40. The predicted molar refractivity (Wildman–Crippen MR) is 93.1 cm³/mol. The van der Waals surface area contributed by atoms with Crippen LogP contribution in [0.5, 0.6) is 0 Å². The molecule has 2 aliphatic rings. The summed E-state index contributed by atoms with van der Waals surface area (Å²) in [6, 6.07) is 6.49. The van der Waals surface area contributed by atoms with E-state index in [1.54, 1.807) is 43.2 Å². The molecule has 3 rings (SSSR count). The van der Waals surface area contributed by atoms with E-state index in [1.807, 2.05) is 0 Å². The zero-order chi connectivity index (χ0) is 18.0. The van der Waals surface area contributed by atoms with Crippen LogP contribution in [0.2, 0.25) is 5.02 Å². The fourth-order valence-electron chi connectivity index (χ4n) is 2.99. The number of rotatable bonds is 6. The fraction of sp³-hybridized carbons (Fsp3) is 0.444. The highest BCUT2D eigenvalue weighted by atomic mass is 35.5. The summed E-state index contributed by atoms with van der Waals surface area (Å²) in [7, 11) is 1.55. The van der Waals surface area contributed by atoms with E-state index in [2.05, 4.69) is 5.32 Å². The molecule has 0 bridgehead atoms. The van der Waals surface area contributed by atoms with Crippen molar-refractivity contribution in [3.05, 3.63) is 46.1 Å². The number of halogens is 1. The molecule has 0 radical (unpaired) electrons. The predicted octanol–water partition coefficient (Wildman–Crippen LogP) is 3.03. The number of urea groups is 1. The number of esters is 1. The first-order chi connectivity index (χ1) is 12.0. The summed E-state index contributed by atoms with van der Waals surface area (Å²) in [6.45, 7) is 2.28. The Hall–Kier alpha value is -2.05. The smallest absolute Gasteiger partial charge is 0.338 e. The van der Waals surface area contributed by atoms with Crippen molar-refractivity contribution >= 4 is 23.6 Å². The zero-order valence-corrected chi connectivity index (χ0v) is 15.0. The lowest BCUT2D eigenvalue weighted by atomic mass is 9.95.